The van der Waals surface area contributed by atoms with Crippen molar-refractivity contribution in [1.29, 1.82) is 0 Å². The van der Waals surface area contributed by atoms with Crippen LogP contribution in [0.25, 0.3) is 0 Å². The van der Waals surface area contributed by atoms with E-state index in [1.54, 1.807) is 13.8 Å². The van der Waals surface area contributed by atoms with E-state index in [1.807, 2.05) is 0 Å². The van der Waals surface area contributed by atoms with Crippen LogP contribution in [0.5, 0.6) is 0 Å². The molecule has 0 fully saturated rings. The number of nitrogens with zero attached hydrogens (tertiary/aromatic N) is 1. The van der Waals surface area contributed by atoms with Crippen molar-refractivity contribution in [1.82, 2.24) is 5.06 Å². The zero-order valence-corrected chi connectivity index (χ0v) is 7.60. The molecule has 0 aromatic carbocycles. The van der Waals surface area contributed by atoms with Gasteiger partial charge in [0.1, 0.15) is 0 Å². The Morgan fingerprint density at radius 2 is 2.00 bits per heavy atom. The summed E-state index contributed by atoms with van der Waals surface area (Å²) in [5.41, 5.74) is 0. The van der Waals surface area contributed by atoms with E-state index in [-0.39, 0.29) is 0 Å². The van der Waals surface area contributed by atoms with Gasteiger partial charge < -0.3 is 4.89 Å². The molecule has 0 rings (SSSR count). The van der Waals surface area contributed by atoms with Crippen molar-refractivity contribution in [2.75, 3.05) is 13.1 Å². The van der Waals surface area contributed by atoms with Crippen LogP contribution in [0.15, 0.2) is 0 Å². The predicted octanol–water partition coefficient (Wildman–Crippen LogP) is 1.60. The number of halogens is 1. The molecule has 1 unspecified atom stereocenters. The Bertz CT molecular complexity index is 132. The van der Waals surface area contributed by atoms with Crippen LogP contribution < -0.4 is 0 Å². The van der Waals surface area contributed by atoms with Crippen LogP contribution in [0.2, 0.25) is 0 Å². The minimum Gasteiger partial charge on any atom is -0.312 e. The van der Waals surface area contributed by atoms with E-state index in [1.165, 1.54) is 5.06 Å². The molecule has 0 spiro atoms. The van der Waals surface area contributed by atoms with Crippen LogP contribution in [-0.4, -0.2) is 23.0 Å². The van der Waals surface area contributed by atoms with Crippen molar-refractivity contribution in [2.45, 2.75) is 13.8 Å². The Morgan fingerprint density at radius 3 is 2.10 bits per heavy atom. The molecule has 0 aliphatic carbocycles. The molecule has 6 heteroatoms. The van der Waals surface area contributed by atoms with Crippen molar-refractivity contribution in [3.63, 3.8) is 0 Å². The van der Waals surface area contributed by atoms with Gasteiger partial charge in [0.15, 0.2) is 0 Å². The maximum absolute atomic E-state index is 10.4. The summed E-state index contributed by atoms with van der Waals surface area (Å²) >= 11 is 4.93. The van der Waals surface area contributed by atoms with E-state index in [4.69, 9.17) is 16.1 Å². The summed E-state index contributed by atoms with van der Waals surface area (Å²) in [7, 11) is 0. The van der Waals surface area contributed by atoms with Crippen LogP contribution in [0.3, 0.4) is 0 Å². The molecule has 1 N–H and O–H groups in total. The predicted molar refractivity (Wildman–Crippen MR) is 39.7 cm³/mol. The summed E-state index contributed by atoms with van der Waals surface area (Å²) in [5.74, 6) is 0. The Kier molecular flexibility index (Phi) is 4.49. The van der Waals surface area contributed by atoms with Crippen LogP contribution in [0.4, 0.5) is 0 Å². The molecule has 0 bridgehead atoms. The fraction of sp³-hybridized carbons (Fsp3) is 1.00. The van der Waals surface area contributed by atoms with Gasteiger partial charge in [-0.05, 0) is 0 Å². The second-order valence-electron chi connectivity index (χ2n) is 1.65. The molecule has 0 heterocycles. The number of hydrogen-bond acceptors (Lipinski definition) is 3. The van der Waals surface area contributed by atoms with E-state index in [0.29, 0.717) is 13.1 Å². The highest BCUT2D eigenvalue weighted by Crippen LogP contribution is 2.48. The minimum atomic E-state index is -3.86. The molecular weight excluding hydrogens is 176 g/mol. The smallest absolute Gasteiger partial charge is 0.312 e. The molecule has 0 aromatic rings. The van der Waals surface area contributed by atoms with Gasteiger partial charge in [0, 0.05) is 24.3 Å². The first-order valence-corrected chi connectivity index (χ1v) is 5.45. The van der Waals surface area contributed by atoms with E-state index in [2.05, 4.69) is 4.62 Å². The maximum Gasteiger partial charge on any atom is 0.438 e. The minimum absolute atomic E-state index is 0.535. The van der Waals surface area contributed by atoms with Crippen LogP contribution >= 0.6 is 18.2 Å². The van der Waals surface area contributed by atoms with Gasteiger partial charge in [0.05, 0.1) is 0 Å². The van der Waals surface area contributed by atoms with E-state index >= 15 is 0 Å². The van der Waals surface area contributed by atoms with Gasteiger partial charge >= 0.3 is 6.95 Å². The number of rotatable bonds is 4. The highest BCUT2D eigenvalue weighted by molar-refractivity contribution is 7.80. The lowest BCUT2D eigenvalue weighted by Gasteiger charge is -2.17. The van der Waals surface area contributed by atoms with Crippen LogP contribution in [0.1, 0.15) is 13.8 Å². The third-order valence-electron chi connectivity index (χ3n) is 0.922. The Labute approximate surface area is 65.0 Å². The largest absolute Gasteiger partial charge is 0.438 e. The maximum atomic E-state index is 10.4. The van der Waals surface area contributed by atoms with Crippen molar-refractivity contribution in [2.24, 2.45) is 0 Å². The normalized spacial score (nSPS) is 17.3. The van der Waals surface area contributed by atoms with E-state index in [0.717, 1.165) is 0 Å². The fourth-order valence-corrected chi connectivity index (χ4v) is 1.26. The van der Waals surface area contributed by atoms with Gasteiger partial charge in [0.2, 0.25) is 0 Å². The first-order valence-electron chi connectivity index (χ1n) is 2.96. The van der Waals surface area contributed by atoms with Gasteiger partial charge in [-0.25, -0.2) is 9.19 Å². The highest BCUT2D eigenvalue weighted by Gasteiger charge is 2.17. The summed E-state index contributed by atoms with van der Waals surface area (Å²) in [6.07, 6.45) is 0. The van der Waals surface area contributed by atoms with Crippen molar-refractivity contribution < 1.29 is 14.1 Å². The molecule has 0 saturated heterocycles. The standard InChI is InChI=1S/C4H11ClNO3P/c1-3-6(4-2)9-10(5,7)8/h3-4H2,1-2H3,(H,7,8). The van der Waals surface area contributed by atoms with Gasteiger partial charge in [-0.2, -0.15) is 5.06 Å². The van der Waals surface area contributed by atoms with Gasteiger partial charge in [-0.15, -0.1) is 0 Å². The molecule has 0 saturated carbocycles. The Morgan fingerprint density at radius 1 is 1.60 bits per heavy atom. The lowest BCUT2D eigenvalue weighted by Crippen LogP contribution is -2.20. The summed E-state index contributed by atoms with van der Waals surface area (Å²) in [6, 6.07) is 0. The highest BCUT2D eigenvalue weighted by atomic mass is 35.7. The van der Waals surface area contributed by atoms with Gasteiger partial charge in [0.25, 0.3) is 0 Å². The molecule has 10 heavy (non-hydrogen) atoms. The first kappa shape index (κ1) is 10.4. The molecule has 0 aromatic heterocycles. The average molecular weight is 188 g/mol. The average Bonchev–Trinajstić information content (AvgIpc) is 1.81. The summed E-state index contributed by atoms with van der Waals surface area (Å²) in [5, 5.41) is 1.31. The molecule has 4 nitrogen and oxygen atoms in total. The molecule has 0 amide bonds. The molecule has 0 aliphatic heterocycles. The second-order valence-corrected chi connectivity index (χ2v) is 4.00. The zero-order chi connectivity index (χ0) is 8.20. The summed E-state index contributed by atoms with van der Waals surface area (Å²) < 4.78 is 14.8. The van der Waals surface area contributed by atoms with Crippen LogP contribution in [-0.2, 0) is 9.19 Å². The van der Waals surface area contributed by atoms with Crippen molar-refractivity contribution in [3.05, 3.63) is 0 Å². The monoisotopic (exact) mass is 187 g/mol. The van der Waals surface area contributed by atoms with E-state index < -0.39 is 6.95 Å². The summed E-state index contributed by atoms with van der Waals surface area (Å²) in [4.78, 5) is 8.51. The first-order chi connectivity index (χ1) is 4.49. The van der Waals surface area contributed by atoms with Gasteiger partial charge in [-0.1, -0.05) is 13.8 Å². The molecule has 62 valence electrons. The molecule has 0 radical (unpaired) electrons. The lowest BCUT2D eigenvalue weighted by atomic mass is 10.6. The Balaban J connectivity index is 3.75. The third-order valence-corrected chi connectivity index (χ3v) is 1.54. The molecule has 1 atom stereocenters. The van der Waals surface area contributed by atoms with Crippen molar-refractivity contribution in [3.8, 4) is 0 Å². The number of hydroxylamine groups is 2. The SMILES string of the molecule is CCN(CC)OP(=O)(O)Cl. The van der Waals surface area contributed by atoms with Gasteiger partial charge in [-0.3, -0.25) is 0 Å². The van der Waals surface area contributed by atoms with Crippen LogP contribution in [0, 0.1) is 0 Å². The zero-order valence-electron chi connectivity index (χ0n) is 5.95. The topological polar surface area (TPSA) is 49.8 Å². The lowest BCUT2D eigenvalue weighted by molar-refractivity contribution is -0.0531. The third kappa shape index (κ3) is 5.21. The number of hydrogen-bond donors (Lipinski definition) is 1. The molecular formula is C4H11ClNO3P. The molecule has 0 aliphatic rings. The summed E-state index contributed by atoms with van der Waals surface area (Å²) in [6.45, 7) is 0.817. The second kappa shape index (κ2) is 4.31. The van der Waals surface area contributed by atoms with E-state index in [9.17, 15) is 4.57 Å². The fourth-order valence-electron chi connectivity index (χ4n) is 0.482. The Hall–Kier alpha value is 0.400. The van der Waals surface area contributed by atoms with Crippen molar-refractivity contribution >= 4 is 18.2 Å². The quantitative estimate of drug-likeness (QED) is 0.537.